The molecule has 0 radical (unpaired) electrons. The van der Waals surface area contributed by atoms with Crippen molar-refractivity contribution in [1.82, 2.24) is 0 Å². The normalized spacial score (nSPS) is 12.4. The summed E-state index contributed by atoms with van der Waals surface area (Å²) in [6.45, 7) is 8.71. The Morgan fingerprint density at radius 3 is 2.64 bits per heavy atom. The summed E-state index contributed by atoms with van der Waals surface area (Å²) in [6.07, 6.45) is 3.07. The first-order valence-corrected chi connectivity index (χ1v) is 5.53. The minimum atomic E-state index is 0.692. The van der Waals surface area contributed by atoms with Gasteiger partial charge in [0, 0.05) is 13.0 Å². The molecule has 0 spiro atoms. The summed E-state index contributed by atoms with van der Waals surface area (Å²) in [5.74, 6) is 1.46. The Bertz CT molecular complexity index is 155. The standard InChI is InChI=1S/C11H24N2O/c1-4-5-11(12)13-7-9-14-8-6-10(2)3/h10H,4-9H2,1-3H3,(H2,12,13). The van der Waals surface area contributed by atoms with Gasteiger partial charge in [-0.3, -0.25) is 4.99 Å². The van der Waals surface area contributed by atoms with Crippen LogP contribution in [0.15, 0.2) is 4.99 Å². The lowest BCUT2D eigenvalue weighted by molar-refractivity contribution is 0.131. The lowest BCUT2D eigenvalue weighted by atomic mass is 10.1. The monoisotopic (exact) mass is 200 g/mol. The van der Waals surface area contributed by atoms with E-state index in [-0.39, 0.29) is 0 Å². The number of amidine groups is 1. The Kier molecular flexibility index (Phi) is 8.64. The van der Waals surface area contributed by atoms with Gasteiger partial charge in [-0.25, -0.2) is 0 Å². The topological polar surface area (TPSA) is 47.6 Å². The van der Waals surface area contributed by atoms with E-state index in [0.29, 0.717) is 19.1 Å². The average molecular weight is 200 g/mol. The summed E-state index contributed by atoms with van der Waals surface area (Å²) >= 11 is 0. The predicted molar refractivity (Wildman–Crippen MR) is 61.7 cm³/mol. The number of aliphatic imine (C=N–C) groups is 1. The molecule has 2 N–H and O–H groups in total. The highest BCUT2D eigenvalue weighted by Gasteiger charge is 1.93. The molecule has 3 heteroatoms. The lowest BCUT2D eigenvalue weighted by Gasteiger charge is -2.05. The van der Waals surface area contributed by atoms with Crippen molar-refractivity contribution in [1.29, 1.82) is 0 Å². The summed E-state index contributed by atoms with van der Waals surface area (Å²) in [7, 11) is 0. The van der Waals surface area contributed by atoms with Crippen molar-refractivity contribution in [2.45, 2.75) is 40.0 Å². The molecular weight excluding hydrogens is 176 g/mol. The van der Waals surface area contributed by atoms with Gasteiger partial charge in [0.15, 0.2) is 0 Å². The van der Waals surface area contributed by atoms with Crippen LogP contribution < -0.4 is 5.73 Å². The number of hydrogen-bond donors (Lipinski definition) is 1. The molecule has 0 bridgehead atoms. The van der Waals surface area contributed by atoms with Crippen LogP contribution in [0, 0.1) is 5.92 Å². The third-order valence-corrected chi connectivity index (χ3v) is 1.90. The van der Waals surface area contributed by atoms with Gasteiger partial charge in [0.25, 0.3) is 0 Å². The Morgan fingerprint density at radius 2 is 2.07 bits per heavy atom. The van der Waals surface area contributed by atoms with Crippen molar-refractivity contribution in [3.05, 3.63) is 0 Å². The zero-order valence-corrected chi connectivity index (χ0v) is 9.75. The van der Waals surface area contributed by atoms with Crippen LogP contribution in [0.3, 0.4) is 0 Å². The lowest BCUT2D eigenvalue weighted by Crippen LogP contribution is -2.13. The molecule has 0 aromatic carbocycles. The molecule has 0 amide bonds. The second-order valence-electron chi connectivity index (χ2n) is 3.92. The van der Waals surface area contributed by atoms with Crippen molar-refractivity contribution >= 4 is 5.84 Å². The molecule has 0 heterocycles. The molecular formula is C11H24N2O. The van der Waals surface area contributed by atoms with Gasteiger partial charge in [0.05, 0.1) is 19.0 Å². The zero-order chi connectivity index (χ0) is 10.8. The fourth-order valence-corrected chi connectivity index (χ4v) is 1.01. The zero-order valence-electron chi connectivity index (χ0n) is 9.75. The van der Waals surface area contributed by atoms with Gasteiger partial charge >= 0.3 is 0 Å². The minimum absolute atomic E-state index is 0.692. The van der Waals surface area contributed by atoms with E-state index >= 15 is 0 Å². The molecule has 0 aliphatic carbocycles. The average Bonchev–Trinajstić information content (AvgIpc) is 2.11. The van der Waals surface area contributed by atoms with Gasteiger partial charge in [0.1, 0.15) is 0 Å². The second-order valence-corrected chi connectivity index (χ2v) is 3.92. The van der Waals surface area contributed by atoms with Crippen molar-refractivity contribution in [3.8, 4) is 0 Å². The first-order chi connectivity index (χ1) is 6.66. The van der Waals surface area contributed by atoms with Crippen LogP contribution in [0.2, 0.25) is 0 Å². The van der Waals surface area contributed by atoms with Crippen molar-refractivity contribution in [2.24, 2.45) is 16.6 Å². The molecule has 0 aromatic rings. The van der Waals surface area contributed by atoms with E-state index < -0.39 is 0 Å². The summed E-state index contributed by atoms with van der Waals surface area (Å²) in [4.78, 5) is 4.20. The Labute approximate surface area is 87.7 Å². The van der Waals surface area contributed by atoms with Crippen molar-refractivity contribution in [3.63, 3.8) is 0 Å². The molecule has 0 aromatic heterocycles. The molecule has 0 saturated heterocycles. The SMILES string of the molecule is CCCC(N)=NCCOCCC(C)C. The molecule has 0 unspecified atom stereocenters. The van der Waals surface area contributed by atoms with Crippen LogP contribution in [0.4, 0.5) is 0 Å². The van der Waals surface area contributed by atoms with Crippen LogP contribution in [0.1, 0.15) is 40.0 Å². The maximum Gasteiger partial charge on any atom is 0.0937 e. The number of rotatable bonds is 8. The molecule has 0 fully saturated rings. The van der Waals surface area contributed by atoms with Gasteiger partial charge in [0.2, 0.25) is 0 Å². The Hall–Kier alpha value is -0.570. The molecule has 0 aliphatic heterocycles. The highest BCUT2D eigenvalue weighted by atomic mass is 16.5. The van der Waals surface area contributed by atoms with Crippen LogP contribution in [0.5, 0.6) is 0 Å². The second kappa shape index (κ2) is 9.00. The summed E-state index contributed by atoms with van der Waals surface area (Å²) in [5.41, 5.74) is 5.64. The first kappa shape index (κ1) is 13.4. The van der Waals surface area contributed by atoms with Crippen LogP contribution >= 0.6 is 0 Å². The summed E-state index contributed by atoms with van der Waals surface area (Å²) in [5, 5.41) is 0. The molecule has 84 valence electrons. The fourth-order valence-electron chi connectivity index (χ4n) is 1.01. The highest BCUT2D eigenvalue weighted by Crippen LogP contribution is 1.98. The van der Waals surface area contributed by atoms with Crippen molar-refractivity contribution < 1.29 is 4.74 Å². The smallest absolute Gasteiger partial charge is 0.0937 e. The van der Waals surface area contributed by atoms with Gasteiger partial charge in [-0.05, 0) is 18.8 Å². The van der Waals surface area contributed by atoms with Gasteiger partial charge < -0.3 is 10.5 Å². The number of nitrogens with zero attached hydrogens (tertiary/aromatic N) is 1. The first-order valence-electron chi connectivity index (χ1n) is 5.53. The fraction of sp³-hybridized carbons (Fsp3) is 0.909. The van der Waals surface area contributed by atoms with E-state index in [4.69, 9.17) is 10.5 Å². The van der Waals surface area contributed by atoms with E-state index in [1.165, 1.54) is 0 Å². The van der Waals surface area contributed by atoms with Crippen LogP contribution in [0.25, 0.3) is 0 Å². The molecule has 0 rings (SSSR count). The van der Waals surface area contributed by atoms with E-state index in [1.54, 1.807) is 0 Å². The van der Waals surface area contributed by atoms with E-state index in [0.717, 1.165) is 31.7 Å². The van der Waals surface area contributed by atoms with Gasteiger partial charge in [-0.1, -0.05) is 20.8 Å². The van der Waals surface area contributed by atoms with E-state index in [9.17, 15) is 0 Å². The largest absolute Gasteiger partial charge is 0.387 e. The minimum Gasteiger partial charge on any atom is -0.387 e. The van der Waals surface area contributed by atoms with Crippen LogP contribution in [-0.2, 0) is 4.74 Å². The summed E-state index contributed by atoms with van der Waals surface area (Å²) < 4.78 is 5.41. The maximum absolute atomic E-state index is 5.64. The Morgan fingerprint density at radius 1 is 1.36 bits per heavy atom. The maximum atomic E-state index is 5.64. The van der Waals surface area contributed by atoms with Gasteiger partial charge in [-0.2, -0.15) is 0 Å². The number of ether oxygens (including phenoxy) is 1. The summed E-state index contributed by atoms with van der Waals surface area (Å²) in [6, 6.07) is 0. The third kappa shape index (κ3) is 9.52. The predicted octanol–water partition coefficient (Wildman–Crippen LogP) is 2.21. The number of hydrogen-bond acceptors (Lipinski definition) is 2. The van der Waals surface area contributed by atoms with E-state index in [1.807, 2.05) is 0 Å². The highest BCUT2D eigenvalue weighted by molar-refractivity contribution is 5.80. The molecule has 3 nitrogen and oxygen atoms in total. The van der Waals surface area contributed by atoms with Crippen LogP contribution in [-0.4, -0.2) is 25.6 Å². The quantitative estimate of drug-likeness (QED) is 0.371. The molecule has 0 saturated carbocycles. The number of nitrogens with two attached hydrogens (primary N) is 1. The van der Waals surface area contributed by atoms with Gasteiger partial charge in [-0.15, -0.1) is 0 Å². The van der Waals surface area contributed by atoms with Crippen molar-refractivity contribution in [2.75, 3.05) is 19.8 Å². The van der Waals surface area contributed by atoms with E-state index in [2.05, 4.69) is 25.8 Å². The third-order valence-electron chi connectivity index (χ3n) is 1.90. The molecule has 0 atom stereocenters. The Balaban J connectivity index is 3.24. The molecule has 0 aliphatic rings. The molecule has 14 heavy (non-hydrogen) atoms.